The lowest BCUT2D eigenvalue weighted by molar-refractivity contribution is 0.174. The molecule has 2 amide bonds. The Kier molecular flexibility index (Phi) is 4.61. The average Bonchev–Trinajstić information content (AvgIpc) is 3.37. The van der Waals surface area contributed by atoms with Crippen LogP contribution in [0, 0.1) is 0 Å². The van der Waals surface area contributed by atoms with Crippen LogP contribution in [0.5, 0.6) is 11.5 Å². The van der Waals surface area contributed by atoms with Gasteiger partial charge in [0.15, 0.2) is 17.3 Å². The summed E-state index contributed by atoms with van der Waals surface area (Å²) in [6.07, 6.45) is 5.21. The molecule has 0 fully saturated rings. The van der Waals surface area contributed by atoms with E-state index >= 15 is 0 Å². The molecule has 138 valence electrons. The molecule has 0 saturated carbocycles. The summed E-state index contributed by atoms with van der Waals surface area (Å²) >= 11 is 0. The summed E-state index contributed by atoms with van der Waals surface area (Å²) in [5.74, 6) is 2.12. The molecule has 8 nitrogen and oxygen atoms in total. The molecule has 0 aliphatic carbocycles. The summed E-state index contributed by atoms with van der Waals surface area (Å²) in [6.45, 7) is 2.53. The SMILES string of the molecule is CC(NC(=O)NCc1ccnc(-n2cccn2)c1)c1ccc2c(c1)OCO2. The fraction of sp³-hybridized carbons (Fsp3) is 0.211. The van der Waals surface area contributed by atoms with Gasteiger partial charge in [-0.05, 0) is 48.4 Å². The summed E-state index contributed by atoms with van der Waals surface area (Å²) in [5.41, 5.74) is 1.88. The number of benzene rings is 1. The molecule has 0 saturated heterocycles. The normalized spacial score (nSPS) is 13.2. The van der Waals surface area contributed by atoms with Crippen molar-refractivity contribution in [2.45, 2.75) is 19.5 Å². The number of rotatable bonds is 5. The molecule has 1 aliphatic heterocycles. The number of carbonyl (C=O) groups excluding carboxylic acids is 1. The van der Waals surface area contributed by atoms with Crippen molar-refractivity contribution >= 4 is 6.03 Å². The molecule has 3 heterocycles. The van der Waals surface area contributed by atoms with Gasteiger partial charge in [0.25, 0.3) is 0 Å². The predicted molar refractivity (Wildman–Crippen MR) is 97.7 cm³/mol. The van der Waals surface area contributed by atoms with E-state index in [2.05, 4.69) is 20.7 Å². The van der Waals surface area contributed by atoms with Crippen LogP contribution in [0.3, 0.4) is 0 Å². The molecule has 2 aromatic heterocycles. The number of fused-ring (bicyclic) bond motifs is 1. The number of hydrogen-bond acceptors (Lipinski definition) is 5. The molecular formula is C19H19N5O3. The molecule has 27 heavy (non-hydrogen) atoms. The third-order valence-electron chi connectivity index (χ3n) is 4.25. The topological polar surface area (TPSA) is 90.3 Å². The van der Waals surface area contributed by atoms with Gasteiger partial charge < -0.3 is 20.1 Å². The minimum Gasteiger partial charge on any atom is -0.454 e. The number of carbonyl (C=O) groups is 1. The molecule has 1 aromatic carbocycles. The summed E-state index contributed by atoms with van der Waals surface area (Å²) in [7, 11) is 0. The zero-order valence-corrected chi connectivity index (χ0v) is 14.8. The number of pyridine rings is 1. The number of amides is 2. The number of aromatic nitrogens is 3. The van der Waals surface area contributed by atoms with Crippen LogP contribution < -0.4 is 20.1 Å². The van der Waals surface area contributed by atoms with Crippen LogP contribution in [-0.4, -0.2) is 27.6 Å². The average molecular weight is 365 g/mol. The van der Waals surface area contributed by atoms with Gasteiger partial charge in [-0.2, -0.15) is 5.10 Å². The quantitative estimate of drug-likeness (QED) is 0.725. The Hall–Kier alpha value is -3.55. The van der Waals surface area contributed by atoms with E-state index < -0.39 is 0 Å². The number of ether oxygens (including phenoxy) is 2. The van der Waals surface area contributed by atoms with Gasteiger partial charge in [0.2, 0.25) is 6.79 Å². The van der Waals surface area contributed by atoms with Crippen molar-refractivity contribution in [3.8, 4) is 17.3 Å². The predicted octanol–water partition coefficient (Wildman–Crippen LogP) is 2.56. The van der Waals surface area contributed by atoms with Crippen molar-refractivity contribution in [1.29, 1.82) is 0 Å². The van der Waals surface area contributed by atoms with Crippen LogP contribution in [-0.2, 0) is 6.54 Å². The Morgan fingerprint density at radius 2 is 2.11 bits per heavy atom. The van der Waals surface area contributed by atoms with E-state index in [0.717, 1.165) is 16.9 Å². The van der Waals surface area contributed by atoms with Gasteiger partial charge in [0, 0.05) is 25.1 Å². The third kappa shape index (κ3) is 3.84. The van der Waals surface area contributed by atoms with Crippen LogP contribution in [0.15, 0.2) is 55.0 Å². The van der Waals surface area contributed by atoms with Crippen LogP contribution in [0.2, 0.25) is 0 Å². The van der Waals surface area contributed by atoms with Gasteiger partial charge in [-0.3, -0.25) is 0 Å². The van der Waals surface area contributed by atoms with Gasteiger partial charge in [-0.1, -0.05) is 6.07 Å². The van der Waals surface area contributed by atoms with Gasteiger partial charge >= 0.3 is 6.03 Å². The highest BCUT2D eigenvalue weighted by Gasteiger charge is 2.16. The first-order chi connectivity index (χ1) is 13.2. The monoisotopic (exact) mass is 365 g/mol. The van der Waals surface area contributed by atoms with E-state index in [1.165, 1.54) is 0 Å². The summed E-state index contributed by atoms with van der Waals surface area (Å²) in [5, 5.41) is 9.94. The van der Waals surface area contributed by atoms with Crippen molar-refractivity contribution in [3.63, 3.8) is 0 Å². The van der Waals surface area contributed by atoms with E-state index in [4.69, 9.17) is 9.47 Å². The Morgan fingerprint density at radius 3 is 2.96 bits per heavy atom. The lowest BCUT2D eigenvalue weighted by Gasteiger charge is -2.15. The summed E-state index contributed by atoms with van der Waals surface area (Å²) in [6, 6.07) is 10.8. The van der Waals surface area contributed by atoms with Crippen molar-refractivity contribution in [2.24, 2.45) is 0 Å². The fourth-order valence-corrected chi connectivity index (χ4v) is 2.80. The molecule has 8 heteroatoms. The Bertz CT molecular complexity index is 942. The second kappa shape index (κ2) is 7.36. The van der Waals surface area contributed by atoms with Crippen molar-refractivity contribution in [2.75, 3.05) is 6.79 Å². The minimum absolute atomic E-state index is 0.170. The van der Waals surface area contributed by atoms with Crippen LogP contribution in [0.1, 0.15) is 24.1 Å². The summed E-state index contributed by atoms with van der Waals surface area (Å²) in [4.78, 5) is 16.5. The van der Waals surface area contributed by atoms with Gasteiger partial charge in [-0.25, -0.2) is 14.5 Å². The maximum absolute atomic E-state index is 12.2. The van der Waals surface area contributed by atoms with Gasteiger partial charge in [0.1, 0.15) is 0 Å². The first-order valence-corrected chi connectivity index (χ1v) is 8.58. The zero-order chi connectivity index (χ0) is 18.6. The van der Waals surface area contributed by atoms with Gasteiger partial charge in [-0.15, -0.1) is 0 Å². The smallest absolute Gasteiger partial charge is 0.315 e. The highest BCUT2D eigenvalue weighted by atomic mass is 16.7. The largest absolute Gasteiger partial charge is 0.454 e. The number of nitrogens with zero attached hydrogens (tertiary/aromatic N) is 3. The van der Waals surface area contributed by atoms with Gasteiger partial charge in [0.05, 0.1) is 6.04 Å². The minimum atomic E-state index is -0.252. The van der Waals surface area contributed by atoms with Crippen LogP contribution >= 0.6 is 0 Å². The molecule has 3 aromatic rings. The molecule has 2 N–H and O–H groups in total. The Labute approximate surface area is 156 Å². The van der Waals surface area contributed by atoms with E-state index in [1.54, 1.807) is 17.1 Å². The number of nitrogens with one attached hydrogen (secondary N) is 2. The lowest BCUT2D eigenvalue weighted by Crippen LogP contribution is -2.36. The van der Waals surface area contributed by atoms with E-state index in [9.17, 15) is 4.79 Å². The molecule has 1 atom stereocenters. The molecule has 1 unspecified atom stereocenters. The van der Waals surface area contributed by atoms with Crippen molar-refractivity contribution in [3.05, 3.63) is 66.1 Å². The second-order valence-corrected chi connectivity index (χ2v) is 6.13. The molecule has 1 aliphatic rings. The number of urea groups is 1. The van der Waals surface area contributed by atoms with Crippen molar-refractivity contribution in [1.82, 2.24) is 25.4 Å². The van der Waals surface area contributed by atoms with Crippen LogP contribution in [0.25, 0.3) is 5.82 Å². The van der Waals surface area contributed by atoms with Crippen LogP contribution in [0.4, 0.5) is 4.79 Å². The molecule has 4 rings (SSSR count). The third-order valence-corrected chi connectivity index (χ3v) is 4.25. The fourth-order valence-electron chi connectivity index (χ4n) is 2.80. The van der Waals surface area contributed by atoms with E-state index in [1.807, 2.05) is 49.5 Å². The van der Waals surface area contributed by atoms with Crippen molar-refractivity contribution < 1.29 is 14.3 Å². The van der Waals surface area contributed by atoms with E-state index in [0.29, 0.717) is 18.1 Å². The van der Waals surface area contributed by atoms with E-state index in [-0.39, 0.29) is 18.9 Å². The maximum atomic E-state index is 12.2. The Balaban J connectivity index is 1.34. The summed E-state index contributed by atoms with van der Waals surface area (Å²) < 4.78 is 12.4. The Morgan fingerprint density at radius 1 is 1.22 bits per heavy atom. The molecule has 0 spiro atoms. The highest BCUT2D eigenvalue weighted by Crippen LogP contribution is 2.34. The molecule has 0 radical (unpaired) electrons. The lowest BCUT2D eigenvalue weighted by atomic mass is 10.1. The first kappa shape index (κ1) is 16.9. The maximum Gasteiger partial charge on any atom is 0.315 e. The standard InChI is InChI=1S/C19H19N5O3/c1-13(15-3-4-16-17(10-15)27-12-26-16)23-19(25)21-11-14-5-7-20-18(9-14)24-8-2-6-22-24/h2-10,13H,11-12H2,1H3,(H2,21,23,25). The first-order valence-electron chi connectivity index (χ1n) is 8.58. The molecule has 0 bridgehead atoms. The zero-order valence-electron chi connectivity index (χ0n) is 14.8. The molecular weight excluding hydrogens is 346 g/mol. The highest BCUT2D eigenvalue weighted by molar-refractivity contribution is 5.74. The number of hydrogen-bond donors (Lipinski definition) is 2. The second-order valence-electron chi connectivity index (χ2n) is 6.13.